The first-order valence-electron chi connectivity index (χ1n) is 11.8. The van der Waals surface area contributed by atoms with Crippen LogP contribution in [0.15, 0.2) is 54.7 Å². The van der Waals surface area contributed by atoms with Gasteiger partial charge in [0, 0.05) is 29.1 Å². The molecular weight excluding hydrogens is 437 g/mol. The fourth-order valence-electron chi connectivity index (χ4n) is 5.16. The molecule has 1 unspecified atom stereocenters. The van der Waals surface area contributed by atoms with E-state index in [9.17, 15) is 0 Å². The number of hydrogen-bond acceptors (Lipinski definition) is 2. The van der Waals surface area contributed by atoms with Crippen molar-refractivity contribution >= 4 is 35.7 Å². The van der Waals surface area contributed by atoms with E-state index >= 15 is 0 Å². The predicted octanol–water partition coefficient (Wildman–Crippen LogP) is 6.76. The van der Waals surface area contributed by atoms with Crippen molar-refractivity contribution in [1.82, 2.24) is 9.88 Å². The van der Waals surface area contributed by atoms with E-state index in [2.05, 4.69) is 71.5 Å². The van der Waals surface area contributed by atoms with E-state index in [-0.39, 0.29) is 24.8 Å². The number of nitrogens with two attached hydrogens (primary N) is 1. The zero-order chi connectivity index (χ0) is 20.8. The van der Waals surface area contributed by atoms with Gasteiger partial charge in [0.15, 0.2) is 0 Å². The smallest absolute Gasteiger partial charge is 0.0485 e. The molecule has 4 rings (SSSR count). The molecule has 1 fully saturated rings. The maximum absolute atomic E-state index is 5.66. The van der Waals surface area contributed by atoms with E-state index in [1.54, 1.807) is 0 Å². The van der Waals surface area contributed by atoms with E-state index in [1.807, 2.05) is 0 Å². The average Bonchev–Trinajstić information content (AvgIpc) is 3.16. The fourth-order valence-corrected chi connectivity index (χ4v) is 5.16. The van der Waals surface area contributed by atoms with Gasteiger partial charge in [0.05, 0.1) is 0 Å². The molecule has 1 aliphatic rings. The molecular formula is C27H39Cl2N3. The van der Waals surface area contributed by atoms with Crippen LogP contribution in [0.25, 0.3) is 10.9 Å². The Morgan fingerprint density at radius 3 is 2.53 bits per heavy atom. The highest BCUT2D eigenvalue weighted by atomic mass is 35.5. The van der Waals surface area contributed by atoms with Gasteiger partial charge in [-0.25, -0.2) is 0 Å². The van der Waals surface area contributed by atoms with Gasteiger partial charge in [-0.15, -0.1) is 24.8 Å². The molecule has 3 aromatic rings. The lowest BCUT2D eigenvalue weighted by Gasteiger charge is -2.24. The molecule has 5 heteroatoms. The quantitative estimate of drug-likeness (QED) is 0.335. The SMILES string of the molecule is Cc1cccc(C(CCNCCCN)c2cn(C3CCCCC3)c3ccccc23)c1.Cl.Cl. The topological polar surface area (TPSA) is 43.0 Å². The first kappa shape index (κ1) is 26.7. The van der Waals surface area contributed by atoms with Gasteiger partial charge in [0.2, 0.25) is 0 Å². The van der Waals surface area contributed by atoms with Crippen LogP contribution in [0.3, 0.4) is 0 Å². The van der Waals surface area contributed by atoms with Gasteiger partial charge in [-0.1, -0.05) is 67.3 Å². The first-order chi connectivity index (χ1) is 14.8. The first-order valence-corrected chi connectivity index (χ1v) is 11.8. The highest BCUT2D eigenvalue weighted by Crippen LogP contribution is 2.38. The third-order valence-corrected chi connectivity index (χ3v) is 6.73. The Bertz CT molecular complexity index is 947. The summed E-state index contributed by atoms with van der Waals surface area (Å²) in [5, 5.41) is 5.03. The van der Waals surface area contributed by atoms with Crippen molar-refractivity contribution in [3.05, 3.63) is 71.4 Å². The largest absolute Gasteiger partial charge is 0.344 e. The highest BCUT2D eigenvalue weighted by Gasteiger charge is 2.23. The Labute approximate surface area is 206 Å². The molecule has 1 aromatic heterocycles. The normalized spacial score (nSPS) is 15.2. The lowest BCUT2D eigenvalue weighted by Crippen LogP contribution is -2.21. The molecule has 32 heavy (non-hydrogen) atoms. The second-order valence-corrected chi connectivity index (χ2v) is 8.95. The molecule has 1 saturated carbocycles. The summed E-state index contributed by atoms with van der Waals surface area (Å²) in [4.78, 5) is 0. The summed E-state index contributed by atoms with van der Waals surface area (Å²) in [5.41, 5.74) is 11.3. The Morgan fingerprint density at radius 1 is 1.00 bits per heavy atom. The lowest BCUT2D eigenvalue weighted by atomic mass is 9.87. The molecule has 0 spiro atoms. The third kappa shape index (κ3) is 6.29. The van der Waals surface area contributed by atoms with Crippen LogP contribution in [0.4, 0.5) is 0 Å². The third-order valence-electron chi connectivity index (χ3n) is 6.73. The molecule has 0 amide bonds. The monoisotopic (exact) mass is 475 g/mol. The summed E-state index contributed by atoms with van der Waals surface area (Å²) < 4.78 is 2.61. The number of halogens is 2. The molecule has 1 atom stereocenters. The number of aryl methyl sites for hydroxylation is 1. The number of benzene rings is 2. The van der Waals surface area contributed by atoms with E-state index in [4.69, 9.17) is 5.73 Å². The van der Waals surface area contributed by atoms with Gasteiger partial charge >= 0.3 is 0 Å². The minimum atomic E-state index is 0. The van der Waals surface area contributed by atoms with Gasteiger partial charge in [0.1, 0.15) is 0 Å². The molecule has 3 nitrogen and oxygen atoms in total. The second kappa shape index (κ2) is 13.3. The summed E-state index contributed by atoms with van der Waals surface area (Å²) in [6, 6.07) is 18.8. The average molecular weight is 477 g/mol. The summed E-state index contributed by atoms with van der Waals surface area (Å²) in [5.74, 6) is 0.407. The fraction of sp³-hybridized carbons (Fsp3) is 0.481. The number of rotatable bonds is 9. The summed E-state index contributed by atoms with van der Waals surface area (Å²) >= 11 is 0. The van der Waals surface area contributed by atoms with E-state index < -0.39 is 0 Å². The second-order valence-electron chi connectivity index (χ2n) is 8.95. The van der Waals surface area contributed by atoms with E-state index in [1.165, 1.54) is 59.7 Å². The van der Waals surface area contributed by atoms with Crippen molar-refractivity contribution in [3.63, 3.8) is 0 Å². The van der Waals surface area contributed by atoms with Crippen molar-refractivity contribution in [3.8, 4) is 0 Å². The number of para-hydroxylation sites is 1. The van der Waals surface area contributed by atoms with Crippen LogP contribution < -0.4 is 11.1 Å². The number of nitrogens with zero attached hydrogens (tertiary/aromatic N) is 1. The van der Waals surface area contributed by atoms with Gasteiger partial charge < -0.3 is 15.6 Å². The Balaban J connectivity index is 0.00000181. The van der Waals surface area contributed by atoms with Crippen LogP contribution in [0.5, 0.6) is 0 Å². The van der Waals surface area contributed by atoms with Crippen LogP contribution in [0.1, 0.15) is 73.6 Å². The summed E-state index contributed by atoms with van der Waals surface area (Å²) in [7, 11) is 0. The van der Waals surface area contributed by atoms with E-state index in [0.717, 1.165) is 32.5 Å². The zero-order valence-electron chi connectivity index (χ0n) is 19.3. The number of nitrogens with one attached hydrogen (secondary N) is 1. The predicted molar refractivity (Wildman–Crippen MR) is 143 cm³/mol. The molecule has 1 heterocycles. The molecule has 0 bridgehead atoms. The Hall–Kier alpha value is -1.52. The number of fused-ring (bicyclic) bond motifs is 1. The standard InChI is InChI=1S/C27H37N3.2ClH/c1-21-9-7-10-22(19-21)24(15-18-29-17-8-16-28)26-20-30(23-11-3-2-4-12-23)27-14-6-5-13-25(26)27;;/h5-7,9-10,13-14,19-20,23-24,29H,2-4,8,11-12,15-18,28H2,1H3;2*1H. The van der Waals surface area contributed by atoms with Gasteiger partial charge in [-0.2, -0.15) is 0 Å². The number of hydrogen-bond donors (Lipinski definition) is 2. The van der Waals surface area contributed by atoms with Crippen LogP contribution in [0, 0.1) is 6.92 Å². The summed E-state index contributed by atoms with van der Waals surface area (Å²) in [6.07, 6.45) is 11.4. The number of aromatic nitrogens is 1. The Morgan fingerprint density at radius 2 is 1.78 bits per heavy atom. The van der Waals surface area contributed by atoms with Crippen molar-refractivity contribution in [1.29, 1.82) is 0 Å². The molecule has 176 valence electrons. The van der Waals surface area contributed by atoms with Crippen molar-refractivity contribution in [2.45, 2.75) is 63.8 Å². The van der Waals surface area contributed by atoms with Crippen LogP contribution in [-0.2, 0) is 0 Å². The molecule has 1 aliphatic carbocycles. The highest BCUT2D eigenvalue weighted by molar-refractivity contribution is 5.86. The van der Waals surface area contributed by atoms with Crippen LogP contribution in [0.2, 0.25) is 0 Å². The molecule has 3 N–H and O–H groups in total. The molecule has 0 aliphatic heterocycles. The van der Waals surface area contributed by atoms with Crippen molar-refractivity contribution in [2.75, 3.05) is 19.6 Å². The van der Waals surface area contributed by atoms with Crippen molar-refractivity contribution < 1.29 is 0 Å². The maximum Gasteiger partial charge on any atom is 0.0485 e. The van der Waals surface area contributed by atoms with Crippen LogP contribution in [-0.4, -0.2) is 24.2 Å². The van der Waals surface area contributed by atoms with Gasteiger partial charge in [0.25, 0.3) is 0 Å². The summed E-state index contributed by atoms with van der Waals surface area (Å²) in [6.45, 7) is 4.97. The van der Waals surface area contributed by atoms with Crippen LogP contribution >= 0.6 is 24.8 Å². The lowest BCUT2D eigenvalue weighted by molar-refractivity contribution is 0.360. The minimum absolute atomic E-state index is 0. The van der Waals surface area contributed by atoms with Gasteiger partial charge in [-0.3, -0.25) is 0 Å². The molecule has 0 saturated heterocycles. The van der Waals surface area contributed by atoms with Gasteiger partial charge in [-0.05, 0) is 69.4 Å². The zero-order valence-corrected chi connectivity index (χ0v) is 20.9. The van der Waals surface area contributed by atoms with E-state index in [0.29, 0.717) is 12.0 Å². The maximum atomic E-state index is 5.66. The Kier molecular flexibility index (Phi) is 11.1. The van der Waals surface area contributed by atoms with Crippen molar-refractivity contribution in [2.24, 2.45) is 5.73 Å². The molecule has 0 radical (unpaired) electrons. The minimum Gasteiger partial charge on any atom is -0.344 e. The molecule has 2 aromatic carbocycles.